The van der Waals surface area contributed by atoms with E-state index in [9.17, 15) is 4.79 Å². The van der Waals surface area contributed by atoms with Gasteiger partial charge in [-0.3, -0.25) is 4.79 Å². The molecule has 0 N–H and O–H groups in total. The molecule has 0 saturated carbocycles. The summed E-state index contributed by atoms with van der Waals surface area (Å²) in [5.41, 5.74) is 1.43. The largest absolute Gasteiger partial charge is 0.298 e. The highest BCUT2D eigenvalue weighted by molar-refractivity contribution is 7.80. The van der Waals surface area contributed by atoms with Crippen molar-refractivity contribution in [3.05, 3.63) is 47.5 Å². The smallest absolute Gasteiger partial charge is 0.151 e. The van der Waals surface area contributed by atoms with Crippen LogP contribution in [0.1, 0.15) is 15.9 Å². The molecule has 0 bridgehead atoms. The van der Waals surface area contributed by atoms with Gasteiger partial charge in [0.25, 0.3) is 0 Å². The summed E-state index contributed by atoms with van der Waals surface area (Å²) in [7, 11) is 0. The van der Waals surface area contributed by atoms with Gasteiger partial charge in [0.2, 0.25) is 0 Å². The van der Waals surface area contributed by atoms with Crippen LogP contribution in [0.25, 0.3) is 10.8 Å². The Morgan fingerprint density at radius 1 is 1.19 bits per heavy atom. The monoisotopic (exact) mass is 226 g/mol. The zero-order chi connectivity index (χ0) is 11.4. The van der Waals surface area contributed by atoms with Gasteiger partial charge >= 0.3 is 0 Å². The lowest BCUT2D eigenvalue weighted by Gasteiger charge is -2.03. The van der Waals surface area contributed by atoms with Gasteiger partial charge in [-0.2, -0.15) is 12.6 Å². The first-order valence-corrected chi connectivity index (χ1v) is 5.56. The van der Waals surface area contributed by atoms with Crippen LogP contribution in [0.3, 0.4) is 0 Å². The van der Waals surface area contributed by atoms with Crippen LogP contribution in [0, 0.1) is 11.8 Å². The first-order valence-electron chi connectivity index (χ1n) is 4.93. The molecule has 2 aromatic carbocycles. The average molecular weight is 226 g/mol. The van der Waals surface area contributed by atoms with Crippen molar-refractivity contribution < 1.29 is 4.79 Å². The van der Waals surface area contributed by atoms with Crippen LogP contribution in [0.5, 0.6) is 0 Å². The standard InChI is InChI=1S/C14H10OS/c15-10-12-8-7-11-4-1-2-5-13(11)14(12)6-3-9-16/h1-2,4-5,7-8,10,16H,9H2. The quantitative estimate of drug-likeness (QED) is 0.449. The molecule has 0 spiro atoms. The van der Waals surface area contributed by atoms with Crippen molar-refractivity contribution in [2.24, 2.45) is 0 Å². The van der Waals surface area contributed by atoms with E-state index in [1.807, 2.05) is 30.3 Å². The minimum absolute atomic E-state index is 0.488. The Hall–Kier alpha value is -1.72. The molecule has 0 unspecified atom stereocenters. The van der Waals surface area contributed by atoms with Crippen molar-refractivity contribution in [2.45, 2.75) is 0 Å². The summed E-state index contributed by atoms with van der Waals surface area (Å²) in [6.07, 6.45) is 0.842. The van der Waals surface area contributed by atoms with Crippen molar-refractivity contribution >= 4 is 29.7 Å². The molecular weight excluding hydrogens is 216 g/mol. The molecule has 78 valence electrons. The van der Waals surface area contributed by atoms with E-state index in [1.165, 1.54) is 0 Å². The summed E-state index contributed by atoms with van der Waals surface area (Å²) in [5, 5.41) is 2.11. The van der Waals surface area contributed by atoms with Crippen LogP contribution in [-0.2, 0) is 0 Å². The first-order chi connectivity index (χ1) is 7.86. The molecule has 2 aromatic rings. The third kappa shape index (κ3) is 1.95. The maximum Gasteiger partial charge on any atom is 0.151 e. The molecule has 0 aliphatic heterocycles. The zero-order valence-electron chi connectivity index (χ0n) is 8.60. The number of fused-ring (bicyclic) bond motifs is 1. The first kappa shape index (κ1) is 10.8. The molecule has 0 radical (unpaired) electrons. The molecule has 0 saturated heterocycles. The molecule has 0 aliphatic rings. The van der Waals surface area contributed by atoms with Gasteiger partial charge in [0.1, 0.15) is 0 Å². The normalized spacial score (nSPS) is 9.56. The summed E-state index contributed by atoms with van der Waals surface area (Å²) in [5.74, 6) is 6.37. The third-order valence-electron chi connectivity index (χ3n) is 2.38. The molecule has 0 heterocycles. The van der Waals surface area contributed by atoms with Crippen molar-refractivity contribution in [2.75, 3.05) is 5.75 Å². The topological polar surface area (TPSA) is 17.1 Å². The van der Waals surface area contributed by atoms with Gasteiger partial charge in [0, 0.05) is 11.1 Å². The molecule has 16 heavy (non-hydrogen) atoms. The molecule has 0 fully saturated rings. The molecule has 2 heteroatoms. The molecule has 0 atom stereocenters. The van der Waals surface area contributed by atoms with Gasteiger partial charge in [0.15, 0.2) is 6.29 Å². The lowest BCUT2D eigenvalue weighted by atomic mass is 10.00. The van der Waals surface area contributed by atoms with Gasteiger partial charge in [-0.25, -0.2) is 0 Å². The lowest BCUT2D eigenvalue weighted by Crippen LogP contribution is -1.89. The Morgan fingerprint density at radius 2 is 2.00 bits per heavy atom. The highest BCUT2D eigenvalue weighted by atomic mass is 32.1. The minimum Gasteiger partial charge on any atom is -0.298 e. The average Bonchev–Trinajstić information content (AvgIpc) is 2.35. The SMILES string of the molecule is O=Cc1ccc2ccccc2c1C#CCS. The number of carbonyl (C=O) groups excluding carboxylic acids is 1. The Kier molecular flexibility index (Phi) is 3.28. The Labute approximate surface area is 99.9 Å². The van der Waals surface area contributed by atoms with E-state index in [4.69, 9.17) is 0 Å². The summed E-state index contributed by atoms with van der Waals surface area (Å²) < 4.78 is 0. The van der Waals surface area contributed by atoms with E-state index >= 15 is 0 Å². The maximum absolute atomic E-state index is 10.9. The number of hydrogen-bond acceptors (Lipinski definition) is 2. The second-order valence-corrected chi connectivity index (χ2v) is 3.64. The number of aldehydes is 1. The Morgan fingerprint density at radius 3 is 2.75 bits per heavy atom. The van der Waals surface area contributed by atoms with E-state index in [2.05, 4.69) is 24.5 Å². The second kappa shape index (κ2) is 4.87. The molecule has 0 amide bonds. The van der Waals surface area contributed by atoms with E-state index in [1.54, 1.807) is 6.07 Å². The van der Waals surface area contributed by atoms with Crippen molar-refractivity contribution in [3.63, 3.8) is 0 Å². The highest BCUT2D eigenvalue weighted by Crippen LogP contribution is 2.20. The molecular formula is C14H10OS. The number of thiol groups is 1. The van der Waals surface area contributed by atoms with Crippen LogP contribution >= 0.6 is 12.6 Å². The Balaban J connectivity index is 2.77. The van der Waals surface area contributed by atoms with Crippen LogP contribution in [0.4, 0.5) is 0 Å². The molecule has 2 rings (SSSR count). The van der Waals surface area contributed by atoms with Crippen LogP contribution in [-0.4, -0.2) is 12.0 Å². The predicted molar refractivity (Wildman–Crippen MR) is 70.1 cm³/mol. The molecule has 0 aliphatic carbocycles. The van der Waals surface area contributed by atoms with Gasteiger partial charge < -0.3 is 0 Å². The van der Waals surface area contributed by atoms with Crippen molar-refractivity contribution in [3.8, 4) is 11.8 Å². The van der Waals surface area contributed by atoms with Crippen LogP contribution in [0.15, 0.2) is 36.4 Å². The van der Waals surface area contributed by atoms with E-state index in [0.29, 0.717) is 11.3 Å². The Bertz CT molecular complexity index is 590. The zero-order valence-corrected chi connectivity index (χ0v) is 9.50. The third-order valence-corrected chi connectivity index (χ3v) is 2.54. The van der Waals surface area contributed by atoms with Gasteiger partial charge in [-0.05, 0) is 16.8 Å². The number of hydrogen-bond donors (Lipinski definition) is 1. The number of carbonyl (C=O) groups is 1. The van der Waals surface area contributed by atoms with Crippen molar-refractivity contribution in [1.82, 2.24) is 0 Å². The summed E-state index contributed by atoms with van der Waals surface area (Å²) in [6.45, 7) is 0. The van der Waals surface area contributed by atoms with Gasteiger partial charge in [-0.15, -0.1) is 0 Å². The minimum atomic E-state index is 0.488. The van der Waals surface area contributed by atoms with Crippen LogP contribution in [0.2, 0.25) is 0 Å². The lowest BCUT2D eigenvalue weighted by molar-refractivity contribution is 0.112. The van der Waals surface area contributed by atoms with Gasteiger partial charge in [0.05, 0.1) is 5.75 Å². The maximum atomic E-state index is 10.9. The van der Waals surface area contributed by atoms with E-state index in [-0.39, 0.29) is 0 Å². The van der Waals surface area contributed by atoms with Crippen molar-refractivity contribution in [1.29, 1.82) is 0 Å². The fourth-order valence-corrected chi connectivity index (χ4v) is 1.73. The fraction of sp³-hybridized carbons (Fsp3) is 0.0714. The van der Waals surface area contributed by atoms with E-state index < -0.39 is 0 Å². The molecule has 0 aromatic heterocycles. The summed E-state index contributed by atoms with van der Waals surface area (Å²) in [6, 6.07) is 11.6. The number of benzene rings is 2. The van der Waals surface area contributed by atoms with E-state index in [0.717, 1.165) is 22.6 Å². The number of rotatable bonds is 1. The second-order valence-electron chi connectivity index (χ2n) is 3.33. The highest BCUT2D eigenvalue weighted by Gasteiger charge is 2.03. The summed E-state index contributed by atoms with van der Waals surface area (Å²) in [4.78, 5) is 10.9. The predicted octanol–water partition coefficient (Wildman–Crippen LogP) is 2.93. The fourth-order valence-electron chi connectivity index (χ4n) is 1.65. The summed E-state index contributed by atoms with van der Waals surface area (Å²) >= 11 is 4.05. The van der Waals surface area contributed by atoms with Crippen LogP contribution < -0.4 is 0 Å². The van der Waals surface area contributed by atoms with Gasteiger partial charge in [-0.1, -0.05) is 42.2 Å². The molecule has 1 nitrogen and oxygen atoms in total.